The number of ketones is 1. The number of anilines is 1. The van der Waals surface area contributed by atoms with Crippen LogP contribution in [0.5, 0.6) is 0 Å². The highest BCUT2D eigenvalue weighted by atomic mass is 19.1. The Bertz CT molecular complexity index is 1070. The number of Topliss-reactive ketones (excluding diaryl/α,β-unsaturated/α-hetero) is 1. The number of rotatable bonds is 7. The highest BCUT2D eigenvalue weighted by molar-refractivity contribution is 5.96. The summed E-state index contributed by atoms with van der Waals surface area (Å²) in [5.74, 6) is -1.16. The van der Waals surface area contributed by atoms with E-state index in [2.05, 4.69) is 4.98 Å². The molecule has 5 nitrogen and oxygen atoms in total. The van der Waals surface area contributed by atoms with E-state index in [1.165, 1.54) is 31.4 Å². The predicted molar refractivity (Wildman–Crippen MR) is 114 cm³/mol. The van der Waals surface area contributed by atoms with Crippen LogP contribution in [0.4, 0.5) is 19.3 Å². The highest BCUT2D eigenvalue weighted by Gasteiger charge is 2.16. The van der Waals surface area contributed by atoms with E-state index in [0.717, 1.165) is 16.0 Å². The molecule has 1 aromatic heterocycles. The van der Waals surface area contributed by atoms with Crippen LogP contribution in [-0.4, -0.2) is 30.5 Å². The lowest BCUT2D eigenvalue weighted by molar-refractivity contribution is 0.0982. The van der Waals surface area contributed by atoms with Crippen LogP contribution in [0.3, 0.4) is 0 Å². The second kappa shape index (κ2) is 9.93. The largest absolute Gasteiger partial charge is 0.449 e. The van der Waals surface area contributed by atoms with Crippen molar-refractivity contribution in [3.8, 4) is 11.1 Å². The van der Waals surface area contributed by atoms with Crippen molar-refractivity contribution in [2.24, 2.45) is 0 Å². The summed E-state index contributed by atoms with van der Waals surface area (Å²) in [4.78, 5) is 28.9. The van der Waals surface area contributed by atoms with Crippen molar-refractivity contribution in [2.45, 2.75) is 19.8 Å². The lowest BCUT2D eigenvalue weighted by Crippen LogP contribution is -2.27. The van der Waals surface area contributed by atoms with Crippen LogP contribution in [-0.2, 0) is 11.2 Å². The number of pyridine rings is 1. The molecule has 0 fully saturated rings. The van der Waals surface area contributed by atoms with E-state index in [-0.39, 0.29) is 24.5 Å². The molecular formula is C24H22F2N2O3. The van der Waals surface area contributed by atoms with Crippen LogP contribution < -0.4 is 4.90 Å². The molecule has 160 valence electrons. The number of ether oxygens (including phenoxy) is 1. The molecule has 1 heterocycles. The molecule has 7 heteroatoms. The molecule has 1 amide bonds. The van der Waals surface area contributed by atoms with Crippen LogP contribution in [0.1, 0.15) is 29.3 Å². The quantitative estimate of drug-likeness (QED) is 0.375. The van der Waals surface area contributed by atoms with E-state index in [4.69, 9.17) is 4.74 Å². The smallest absolute Gasteiger partial charge is 0.414 e. The van der Waals surface area contributed by atoms with Gasteiger partial charge in [-0.1, -0.05) is 36.4 Å². The molecule has 0 radical (unpaired) electrons. The van der Waals surface area contributed by atoms with Gasteiger partial charge in [-0.15, -0.1) is 0 Å². The minimum absolute atomic E-state index is 0.0477. The summed E-state index contributed by atoms with van der Waals surface area (Å²) in [6.07, 6.45) is 1.53. The van der Waals surface area contributed by atoms with E-state index >= 15 is 0 Å². The lowest BCUT2D eigenvalue weighted by Gasteiger charge is -2.17. The Morgan fingerprint density at radius 2 is 1.71 bits per heavy atom. The SMILES string of the molecule is CCOC(=O)N(C)c1ccc(-c2ccc(C(=O)CCc3ccc(F)nc3)cc2)cc1F. The third-order valence-corrected chi connectivity index (χ3v) is 4.82. The van der Waals surface area contributed by atoms with Gasteiger partial charge in [-0.3, -0.25) is 9.69 Å². The van der Waals surface area contributed by atoms with E-state index in [1.807, 2.05) is 0 Å². The number of benzene rings is 2. The third-order valence-electron chi connectivity index (χ3n) is 4.82. The fraction of sp³-hybridized carbons (Fsp3) is 0.208. The zero-order chi connectivity index (χ0) is 22.4. The van der Waals surface area contributed by atoms with Gasteiger partial charge in [0.25, 0.3) is 0 Å². The van der Waals surface area contributed by atoms with Gasteiger partial charge in [-0.05, 0) is 48.2 Å². The summed E-state index contributed by atoms with van der Waals surface area (Å²) in [6.45, 7) is 1.88. The van der Waals surface area contributed by atoms with Gasteiger partial charge in [0.1, 0.15) is 5.82 Å². The number of carbonyl (C=O) groups is 2. The van der Waals surface area contributed by atoms with Crippen LogP contribution in [0, 0.1) is 11.8 Å². The Morgan fingerprint density at radius 3 is 2.32 bits per heavy atom. The Morgan fingerprint density at radius 1 is 1.00 bits per heavy atom. The van der Waals surface area contributed by atoms with Crippen LogP contribution in [0.15, 0.2) is 60.8 Å². The predicted octanol–water partition coefficient (Wildman–Crippen LogP) is 5.44. The normalized spacial score (nSPS) is 10.6. The maximum absolute atomic E-state index is 14.5. The molecule has 0 aliphatic rings. The van der Waals surface area contributed by atoms with Gasteiger partial charge in [-0.25, -0.2) is 14.2 Å². The first-order chi connectivity index (χ1) is 14.9. The molecular weight excluding hydrogens is 402 g/mol. The van der Waals surface area contributed by atoms with Gasteiger partial charge in [-0.2, -0.15) is 4.39 Å². The number of carbonyl (C=O) groups excluding carboxylic acids is 2. The highest BCUT2D eigenvalue weighted by Crippen LogP contribution is 2.27. The zero-order valence-corrected chi connectivity index (χ0v) is 17.3. The summed E-state index contributed by atoms with van der Waals surface area (Å²) in [5.41, 5.74) is 2.80. The molecule has 0 atom stereocenters. The number of aromatic nitrogens is 1. The molecule has 3 aromatic rings. The minimum Gasteiger partial charge on any atom is -0.449 e. The Labute approximate surface area is 179 Å². The second-order valence-electron chi connectivity index (χ2n) is 6.91. The molecule has 0 saturated heterocycles. The van der Waals surface area contributed by atoms with Crippen molar-refractivity contribution in [3.05, 3.63) is 83.7 Å². The topological polar surface area (TPSA) is 59.5 Å². The fourth-order valence-electron chi connectivity index (χ4n) is 3.08. The molecule has 0 spiro atoms. The van der Waals surface area contributed by atoms with Crippen molar-refractivity contribution in [2.75, 3.05) is 18.6 Å². The number of hydrogen-bond donors (Lipinski definition) is 0. The van der Waals surface area contributed by atoms with E-state index in [0.29, 0.717) is 17.5 Å². The number of halogens is 2. The molecule has 0 aliphatic carbocycles. The van der Waals surface area contributed by atoms with Gasteiger partial charge in [0.2, 0.25) is 5.95 Å². The van der Waals surface area contributed by atoms with Crippen molar-refractivity contribution in [3.63, 3.8) is 0 Å². The maximum Gasteiger partial charge on any atom is 0.414 e. The number of hydrogen-bond acceptors (Lipinski definition) is 4. The lowest BCUT2D eigenvalue weighted by atomic mass is 9.99. The van der Waals surface area contributed by atoms with Crippen molar-refractivity contribution >= 4 is 17.6 Å². The standard InChI is InChI=1S/C24H22F2N2O3/c1-3-31-24(30)28(2)21-11-10-19(14-20(21)25)17-6-8-18(9-7-17)22(29)12-4-16-5-13-23(26)27-15-16/h5-11,13-15H,3-4,12H2,1-2H3. The van der Waals surface area contributed by atoms with Gasteiger partial charge in [0, 0.05) is 25.2 Å². The van der Waals surface area contributed by atoms with Crippen molar-refractivity contribution in [1.29, 1.82) is 0 Å². The Kier molecular flexibility index (Phi) is 7.07. The number of nitrogens with zero attached hydrogens (tertiary/aromatic N) is 2. The van der Waals surface area contributed by atoms with E-state index in [9.17, 15) is 18.4 Å². The molecule has 0 unspecified atom stereocenters. The van der Waals surface area contributed by atoms with Crippen molar-refractivity contribution < 1.29 is 23.1 Å². The average Bonchev–Trinajstić information content (AvgIpc) is 2.78. The minimum atomic E-state index is -0.631. The van der Waals surface area contributed by atoms with Crippen molar-refractivity contribution in [1.82, 2.24) is 4.98 Å². The Hall–Kier alpha value is -3.61. The number of amides is 1. The van der Waals surface area contributed by atoms with Crippen LogP contribution in [0.25, 0.3) is 11.1 Å². The van der Waals surface area contributed by atoms with Gasteiger partial charge >= 0.3 is 6.09 Å². The molecule has 0 bridgehead atoms. The molecule has 0 saturated carbocycles. The van der Waals surface area contributed by atoms with E-state index in [1.54, 1.807) is 43.3 Å². The zero-order valence-electron chi connectivity index (χ0n) is 17.3. The van der Waals surface area contributed by atoms with Crippen LogP contribution >= 0.6 is 0 Å². The molecule has 31 heavy (non-hydrogen) atoms. The summed E-state index contributed by atoms with van der Waals surface area (Å²) >= 11 is 0. The van der Waals surface area contributed by atoms with Crippen LogP contribution in [0.2, 0.25) is 0 Å². The van der Waals surface area contributed by atoms with Gasteiger partial charge in [0.15, 0.2) is 5.78 Å². The first kappa shape index (κ1) is 22.1. The molecule has 2 aromatic carbocycles. The first-order valence-electron chi connectivity index (χ1n) is 9.83. The Balaban J connectivity index is 1.67. The summed E-state index contributed by atoms with van der Waals surface area (Å²) in [6, 6.07) is 14.3. The summed E-state index contributed by atoms with van der Waals surface area (Å²) in [5, 5.41) is 0. The third kappa shape index (κ3) is 5.51. The molecule has 3 rings (SSSR count). The monoisotopic (exact) mass is 424 g/mol. The maximum atomic E-state index is 14.5. The molecule has 0 aliphatic heterocycles. The first-order valence-corrected chi connectivity index (χ1v) is 9.83. The average molecular weight is 424 g/mol. The van der Waals surface area contributed by atoms with E-state index < -0.39 is 17.9 Å². The summed E-state index contributed by atoms with van der Waals surface area (Å²) in [7, 11) is 1.44. The van der Waals surface area contributed by atoms with Gasteiger partial charge < -0.3 is 4.74 Å². The fourth-order valence-corrected chi connectivity index (χ4v) is 3.08. The second-order valence-corrected chi connectivity index (χ2v) is 6.91. The molecule has 0 N–H and O–H groups in total. The van der Waals surface area contributed by atoms with Gasteiger partial charge in [0.05, 0.1) is 12.3 Å². The summed E-state index contributed by atoms with van der Waals surface area (Å²) < 4.78 is 32.3. The number of aryl methyl sites for hydroxylation is 1.